The average molecular weight is 362 g/mol. The number of hydrogen-bond acceptors (Lipinski definition) is 3. The van der Waals surface area contributed by atoms with E-state index in [2.05, 4.69) is 33.0 Å². The zero-order valence-corrected chi connectivity index (χ0v) is 17.1. The highest BCUT2D eigenvalue weighted by Gasteiger charge is 2.26. The molecule has 0 heterocycles. The molecule has 2 amide bonds. The second-order valence-electron chi connectivity index (χ2n) is 7.93. The van der Waals surface area contributed by atoms with E-state index in [-0.39, 0.29) is 17.9 Å². The lowest BCUT2D eigenvalue weighted by molar-refractivity contribution is -0.132. The number of nitrogens with zero attached hydrogens (tertiary/aromatic N) is 1. The Balaban J connectivity index is 2.80. The van der Waals surface area contributed by atoms with Crippen LogP contribution in [0.5, 0.6) is 0 Å². The highest BCUT2D eigenvalue weighted by atomic mass is 16.2. The summed E-state index contributed by atoms with van der Waals surface area (Å²) in [5.74, 6) is 0.420. The number of nitrogens with one attached hydrogen (secondary N) is 1. The van der Waals surface area contributed by atoms with Crippen molar-refractivity contribution in [1.29, 1.82) is 0 Å². The minimum Gasteiger partial charge on any atom is -0.344 e. The molecule has 2 atom stereocenters. The molecule has 0 saturated carbocycles. The maximum absolute atomic E-state index is 12.9. The molecule has 1 rings (SSSR count). The lowest BCUT2D eigenvalue weighted by Crippen LogP contribution is -2.49. The predicted octanol–water partition coefficient (Wildman–Crippen LogP) is 2.97. The van der Waals surface area contributed by atoms with Gasteiger partial charge in [-0.3, -0.25) is 9.59 Å². The molecule has 0 spiro atoms. The molecule has 0 fully saturated rings. The van der Waals surface area contributed by atoms with E-state index < -0.39 is 6.04 Å². The quantitative estimate of drug-likeness (QED) is 0.710. The van der Waals surface area contributed by atoms with Crippen LogP contribution in [-0.2, 0) is 4.79 Å². The maximum Gasteiger partial charge on any atom is 0.252 e. The van der Waals surface area contributed by atoms with E-state index in [1.54, 1.807) is 18.0 Å². The molecule has 2 unspecified atom stereocenters. The van der Waals surface area contributed by atoms with Crippen LogP contribution in [0.4, 0.5) is 0 Å². The Labute approximate surface area is 158 Å². The maximum atomic E-state index is 12.9. The standard InChI is InChI=1S/C21H35N3O2/c1-14(2)13-19(21(26)24(6)12-11-18(22)15(3)4)23-20(25)17-10-8-7-9-16(17)5/h7-10,14-15,18-19H,11-13,22H2,1-6H3,(H,23,25). The number of benzene rings is 1. The Morgan fingerprint density at radius 2 is 1.77 bits per heavy atom. The average Bonchev–Trinajstić information content (AvgIpc) is 2.57. The third-order valence-corrected chi connectivity index (χ3v) is 4.73. The van der Waals surface area contributed by atoms with E-state index in [1.807, 2.05) is 25.1 Å². The fourth-order valence-electron chi connectivity index (χ4n) is 2.81. The molecule has 0 aliphatic carbocycles. The lowest BCUT2D eigenvalue weighted by Gasteiger charge is -2.27. The largest absolute Gasteiger partial charge is 0.344 e. The first-order chi connectivity index (χ1) is 12.1. The van der Waals surface area contributed by atoms with Gasteiger partial charge in [-0.1, -0.05) is 45.9 Å². The first-order valence-electron chi connectivity index (χ1n) is 9.50. The third kappa shape index (κ3) is 6.79. The summed E-state index contributed by atoms with van der Waals surface area (Å²) >= 11 is 0. The van der Waals surface area contributed by atoms with Gasteiger partial charge in [0, 0.05) is 25.2 Å². The topological polar surface area (TPSA) is 75.4 Å². The minimum atomic E-state index is -0.526. The van der Waals surface area contributed by atoms with Gasteiger partial charge in [-0.25, -0.2) is 0 Å². The van der Waals surface area contributed by atoms with Gasteiger partial charge in [0.2, 0.25) is 5.91 Å². The van der Waals surface area contributed by atoms with Gasteiger partial charge in [-0.2, -0.15) is 0 Å². The SMILES string of the molecule is Cc1ccccc1C(=O)NC(CC(C)C)C(=O)N(C)CCC(N)C(C)C. The van der Waals surface area contributed by atoms with Crippen molar-refractivity contribution in [3.05, 3.63) is 35.4 Å². The molecule has 0 aromatic heterocycles. The van der Waals surface area contributed by atoms with E-state index >= 15 is 0 Å². The molecular formula is C21H35N3O2. The second-order valence-corrected chi connectivity index (χ2v) is 7.93. The molecule has 0 radical (unpaired) electrons. The summed E-state index contributed by atoms with van der Waals surface area (Å²) in [6, 6.07) is 6.95. The van der Waals surface area contributed by atoms with Gasteiger partial charge >= 0.3 is 0 Å². The van der Waals surface area contributed by atoms with Crippen LogP contribution in [-0.4, -0.2) is 42.4 Å². The third-order valence-electron chi connectivity index (χ3n) is 4.73. The van der Waals surface area contributed by atoms with Crippen molar-refractivity contribution < 1.29 is 9.59 Å². The van der Waals surface area contributed by atoms with E-state index in [0.717, 1.165) is 12.0 Å². The van der Waals surface area contributed by atoms with Crippen molar-refractivity contribution in [1.82, 2.24) is 10.2 Å². The second kappa shape index (κ2) is 10.3. The zero-order valence-electron chi connectivity index (χ0n) is 17.1. The van der Waals surface area contributed by atoms with Gasteiger partial charge < -0.3 is 16.0 Å². The number of carbonyl (C=O) groups excluding carboxylic acids is 2. The van der Waals surface area contributed by atoms with Crippen LogP contribution < -0.4 is 11.1 Å². The van der Waals surface area contributed by atoms with Gasteiger partial charge in [0.05, 0.1) is 0 Å². The Morgan fingerprint density at radius 1 is 1.15 bits per heavy atom. The molecule has 0 aliphatic rings. The first-order valence-corrected chi connectivity index (χ1v) is 9.50. The summed E-state index contributed by atoms with van der Waals surface area (Å²) in [6.45, 7) is 10.7. The number of likely N-dealkylation sites (N-methyl/N-ethyl adjacent to an activating group) is 1. The van der Waals surface area contributed by atoms with Crippen molar-refractivity contribution in [3.8, 4) is 0 Å². The number of amides is 2. The number of nitrogens with two attached hydrogens (primary N) is 1. The number of rotatable bonds is 9. The van der Waals surface area contributed by atoms with Gasteiger partial charge in [0.25, 0.3) is 5.91 Å². The van der Waals surface area contributed by atoms with Gasteiger partial charge in [0.15, 0.2) is 0 Å². The van der Waals surface area contributed by atoms with Crippen LogP contribution in [0, 0.1) is 18.8 Å². The number of aryl methyl sites for hydroxylation is 1. The molecule has 5 heteroatoms. The van der Waals surface area contributed by atoms with E-state index in [1.165, 1.54) is 0 Å². The Bertz CT molecular complexity index is 599. The number of hydrogen-bond donors (Lipinski definition) is 2. The summed E-state index contributed by atoms with van der Waals surface area (Å²) in [5.41, 5.74) is 7.60. The molecule has 146 valence electrons. The molecule has 0 aliphatic heterocycles. The summed E-state index contributed by atoms with van der Waals surface area (Å²) < 4.78 is 0. The van der Waals surface area contributed by atoms with Crippen LogP contribution in [0.15, 0.2) is 24.3 Å². The van der Waals surface area contributed by atoms with Crippen molar-refractivity contribution in [3.63, 3.8) is 0 Å². The number of carbonyl (C=O) groups is 2. The minimum absolute atomic E-state index is 0.0587. The van der Waals surface area contributed by atoms with Gasteiger partial charge in [-0.05, 0) is 43.2 Å². The lowest BCUT2D eigenvalue weighted by atomic mass is 10.00. The highest BCUT2D eigenvalue weighted by Crippen LogP contribution is 2.12. The van der Waals surface area contributed by atoms with Crippen LogP contribution in [0.3, 0.4) is 0 Å². The van der Waals surface area contributed by atoms with E-state index in [0.29, 0.717) is 30.4 Å². The van der Waals surface area contributed by atoms with Crippen molar-refractivity contribution in [2.45, 2.75) is 59.5 Å². The molecule has 3 N–H and O–H groups in total. The summed E-state index contributed by atoms with van der Waals surface area (Å²) in [5, 5.41) is 2.94. The highest BCUT2D eigenvalue weighted by molar-refractivity contribution is 5.98. The molecule has 1 aromatic rings. The van der Waals surface area contributed by atoms with E-state index in [9.17, 15) is 9.59 Å². The Morgan fingerprint density at radius 3 is 2.31 bits per heavy atom. The summed E-state index contributed by atoms with van der Waals surface area (Å²) in [4.78, 5) is 27.2. The Kier molecular flexibility index (Phi) is 8.79. The molecular weight excluding hydrogens is 326 g/mol. The van der Waals surface area contributed by atoms with Crippen LogP contribution >= 0.6 is 0 Å². The van der Waals surface area contributed by atoms with Crippen LogP contribution in [0.2, 0.25) is 0 Å². The molecule has 1 aromatic carbocycles. The van der Waals surface area contributed by atoms with Crippen LogP contribution in [0.1, 0.15) is 56.5 Å². The smallest absolute Gasteiger partial charge is 0.252 e. The van der Waals surface area contributed by atoms with Gasteiger partial charge in [-0.15, -0.1) is 0 Å². The van der Waals surface area contributed by atoms with E-state index in [4.69, 9.17) is 5.73 Å². The van der Waals surface area contributed by atoms with Crippen LogP contribution in [0.25, 0.3) is 0 Å². The van der Waals surface area contributed by atoms with Gasteiger partial charge in [0.1, 0.15) is 6.04 Å². The molecule has 5 nitrogen and oxygen atoms in total. The van der Waals surface area contributed by atoms with Crippen molar-refractivity contribution in [2.75, 3.05) is 13.6 Å². The normalized spacial score (nSPS) is 13.6. The monoisotopic (exact) mass is 361 g/mol. The predicted molar refractivity (Wildman–Crippen MR) is 107 cm³/mol. The summed E-state index contributed by atoms with van der Waals surface area (Å²) in [6.07, 6.45) is 1.36. The first kappa shape index (κ1) is 22.2. The molecule has 0 saturated heterocycles. The summed E-state index contributed by atoms with van der Waals surface area (Å²) in [7, 11) is 1.78. The fourth-order valence-corrected chi connectivity index (χ4v) is 2.81. The Hall–Kier alpha value is -1.88. The zero-order chi connectivity index (χ0) is 19.9. The fraction of sp³-hybridized carbons (Fsp3) is 0.619. The molecule has 0 bridgehead atoms. The van der Waals surface area contributed by atoms with Crippen molar-refractivity contribution >= 4 is 11.8 Å². The molecule has 26 heavy (non-hydrogen) atoms. The van der Waals surface area contributed by atoms with Crippen molar-refractivity contribution in [2.24, 2.45) is 17.6 Å².